The van der Waals surface area contributed by atoms with Gasteiger partial charge >= 0.3 is 5.97 Å². The highest BCUT2D eigenvalue weighted by molar-refractivity contribution is 5.88. The van der Waals surface area contributed by atoms with Gasteiger partial charge in [0, 0.05) is 31.9 Å². The van der Waals surface area contributed by atoms with Gasteiger partial charge in [-0.1, -0.05) is 18.2 Å². The van der Waals surface area contributed by atoms with Gasteiger partial charge in [-0.15, -0.1) is 5.10 Å². The number of hydrogen-bond acceptors (Lipinski definition) is 10. The van der Waals surface area contributed by atoms with Gasteiger partial charge in [-0.3, -0.25) is 14.5 Å². The summed E-state index contributed by atoms with van der Waals surface area (Å²) in [4.78, 5) is 31.4. The number of rotatable bonds is 7. The Labute approximate surface area is 184 Å². The lowest BCUT2D eigenvalue weighted by molar-refractivity contribution is -0.151. The van der Waals surface area contributed by atoms with Crippen LogP contribution in [0.2, 0.25) is 0 Å². The van der Waals surface area contributed by atoms with E-state index in [2.05, 4.69) is 27.1 Å². The molecule has 172 valence electrons. The second kappa shape index (κ2) is 9.20. The average molecular weight is 446 g/mol. The maximum atomic E-state index is 12.3. The summed E-state index contributed by atoms with van der Waals surface area (Å²) in [5.41, 5.74) is 4.31. The van der Waals surface area contributed by atoms with Crippen LogP contribution in [0.1, 0.15) is 10.6 Å². The first-order valence-corrected chi connectivity index (χ1v) is 10.3. The zero-order chi connectivity index (χ0) is 22.7. The van der Waals surface area contributed by atoms with Crippen LogP contribution in [-0.4, -0.2) is 99.9 Å². The molecule has 2 fully saturated rings. The molecule has 2 aliphatic rings. The van der Waals surface area contributed by atoms with Gasteiger partial charge in [0.15, 0.2) is 0 Å². The first-order chi connectivity index (χ1) is 15.4. The number of carbonyl (C=O) groups is 2. The molecule has 1 amide bonds. The molecule has 2 aromatic rings. The predicted octanol–water partition coefficient (Wildman–Crippen LogP) is -1.85. The number of benzene rings is 1. The van der Waals surface area contributed by atoms with Gasteiger partial charge in [-0.25, -0.2) is 9.67 Å². The molecule has 12 heteroatoms. The van der Waals surface area contributed by atoms with Crippen molar-refractivity contribution in [2.24, 2.45) is 5.73 Å². The lowest BCUT2D eigenvalue weighted by atomic mass is 10.1. The summed E-state index contributed by atoms with van der Waals surface area (Å²) in [7, 11) is 0. The van der Waals surface area contributed by atoms with E-state index in [0.717, 1.165) is 42.9 Å². The molecule has 0 saturated carbocycles. The number of esters is 1. The number of piperazine rings is 1. The van der Waals surface area contributed by atoms with Crippen molar-refractivity contribution in [3.8, 4) is 0 Å². The number of amides is 1. The van der Waals surface area contributed by atoms with E-state index in [4.69, 9.17) is 15.2 Å². The standard InChI is InChI=1S/C20H26N6O6/c21-18(29)19-22-13-26(23-19)20(30)12-32-15(17(20)28)11-31-16(27)10-24-6-8-25(9-7-24)14-4-2-1-3-5-14/h1-5,13,15,17,28,30H,6-12H2,(H2,21,29)/t15-,17-,20-/m1/s1. The molecule has 1 aromatic carbocycles. The normalized spacial score (nSPS) is 26.2. The number of hydrogen-bond donors (Lipinski definition) is 3. The summed E-state index contributed by atoms with van der Waals surface area (Å²) in [6.45, 7) is 2.63. The van der Waals surface area contributed by atoms with E-state index >= 15 is 0 Å². The Kier molecular flexibility index (Phi) is 6.37. The van der Waals surface area contributed by atoms with Crippen LogP contribution in [0.25, 0.3) is 0 Å². The number of aliphatic hydroxyl groups excluding tert-OH is 1. The number of nitrogens with two attached hydrogens (primary N) is 1. The van der Waals surface area contributed by atoms with Gasteiger partial charge in [0.1, 0.15) is 25.1 Å². The van der Waals surface area contributed by atoms with E-state index in [-0.39, 0.29) is 25.6 Å². The van der Waals surface area contributed by atoms with Gasteiger partial charge in [0.2, 0.25) is 11.5 Å². The molecule has 3 heterocycles. The Morgan fingerprint density at radius 2 is 1.94 bits per heavy atom. The van der Waals surface area contributed by atoms with Crippen molar-refractivity contribution in [1.29, 1.82) is 0 Å². The summed E-state index contributed by atoms with van der Waals surface area (Å²) in [6.07, 6.45) is -1.33. The molecule has 0 bridgehead atoms. The Morgan fingerprint density at radius 3 is 2.59 bits per heavy atom. The summed E-state index contributed by atoms with van der Waals surface area (Å²) in [6, 6.07) is 10.1. The highest BCUT2D eigenvalue weighted by atomic mass is 16.6. The second-order valence-electron chi connectivity index (χ2n) is 7.83. The van der Waals surface area contributed by atoms with E-state index in [9.17, 15) is 19.8 Å². The van der Waals surface area contributed by atoms with Crippen LogP contribution in [-0.2, 0) is 20.0 Å². The van der Waals surface area contributed by atoms with E-state index in [1.54, 1.807) is 0 Å². The predicted molar refractivity (Wildman–Crippen MR) is 111 cm³/mol. The van der Waals surface area contributed by atoms with Crippen molar-refractivity contribution in [3.05, 3.63) is 42.5 Å². The monoisotopic (exact) mass is 446 g/mol. The van der Waals surface area contributed by atoms with E-state index in [1.807, 2.05) is 23.1 Å². The van der Waals surface area contributed by atoms with Crippen molar-refractivity contribution in [1.82, 2.24) is 19.7 Å². The molecular weight excluding hydrogens is 420 g/mol. The molecule has 2 aliphatic heterocycles. The molecule has 1 aromatic heterocycles. The van der Waals surface area contributed by atoms with Gasteiger partial charge in [0.05, 0.1) is 13.2 Å². The Bertz CT molecular complexity index is 947. The highest BCUT2D eigenvalue weighted by Crippen LogP contribution is 2.29. The van der Waals surface area contributed by atoms with Crippen molar-refractivity contribution in [2.45, 2.75) is 17.9 Å². The fraction of sp³-hybridized carbons (Fsp3) is 0.500. The van der Waals surface area contributed by atoms with Crippen LogP contribution < -0.4 is 10.6 Å². The quantitative estimate of drug-likeness (QED) is 0.413. The van der Waals surface area contributed by atoms with E-state index in [1.165, 1.54) is 0 Å². The van der Waals surface area contributed by atoms with Crippen LogP contribution in [0.15, 0.2) is 36.7 Å². The minimum absolute atomic E-state index is 0.126. The zero-order valence-electron chi connectivity index (χ0n) is 17.4. The third kappa shape index (κ3) is 4.58. The molecule has 4 N–H and O–H groups in total. The van der Waals surface area contributed by atoms with Gasteiger partial charge in [-0.2, -0.15) is 0 Å². The molecule has 0 radical (unpaired) electrons. The first kappa shape index (κ1) is 22.1. The maximum absolute atomic E-state index is 12.3. The largest absolute Gasteiger partial charge is 0.462 e. The van der Waals surface area contributed by atoms with Gasteiger partial charge in [0.25, 0.3) is 5.91 Å². The van der Waals surface area contributed by atoms with Crippen molar-refractivity contribution >= 4 is 17.6 Å². The smallest absolute Gasteiger partial charge is 0.320 e. The fourth-order valence-corrected chi connectivity index (χ4v) is 3.81. The van der Waals surface area contributed by atoms with Gasteiger partial charge in [-0.05, 0) is 12.1 Å². The molecule has 3 atom stereocenters. The molecule has 0 unspecified atom stereocenters. The third-order valence-electron chi connectivity index (χ3n) is 5.70. The van der Waals surface area contributed by atoms with Crippen LogP contribution >= 0.6 is 0 Å². The lowest BCUT2D eigenvalue weighted by Gasteiger charge is -2.35. The summed E-state index contributed by atoms with van der Waals surface area (Å²) < 4.78 is 11.6. The van der Waals surface area contributed by atoms with Crippen molar-refractivity contribution in [2.75, 3.05) is 50.8 Å². The number of anilines is 1. The average Bonchev–Trinajstić information content (AvgIpc) is 3.41. The Hall–Kier alpha value is -3.06. The number of aromatic nitrogens is 3. The molecular formula is C20H26N6O6. The molecule has 2 saturated heterocycles. The van der Waals surface area contributed by atoms with Crippen LogP contribution in [0.5, 0.6) is 0 Å². The molecule has 4 rings (SSSR count). The number of ether oxygens (including phenoxy) is 2. The summed E-state index contributed by atoms with van der Waals surface area (Å²) in [5.74, 6) is -1.61. The van der Waals surface area contributed by atoms with Crippen LogP contribution in [0.3, 0.4) is 0 Å². The Balaban J connectivity index is 1.23. The molecule has 32 heavy (non-hydrogen) atoms. The lowest BCUT2D eigenvalue weighted by Crippen LogP contribution is -2.49. The molecule has 0 aliphatic carbocycles. The third-order valence-corrected chi connectivity index (χ3v) is 5.70. The summed E-state index contributed by atoms with van der Waals surface area (Å²) >= 11 is 0. The number of nitrogens with zero attached hydrogens (tertiary/aromatic N) is 5. The topological polar surface area (TPSA) is 156 Å². The SMILES string of the molecule is NC(=O)c1ncn([C@@]2(O)CO[C@H](COC(=O)CN3CCN(c4ccccc4)CC3)[C@H]2O)n1. The summed E-state index contributed by atoms with van der Waals surface area (Å²) in [5, 5.41) is 25.0. The van der Waals surface area contributed by atoms with Crippen LogP contribution in [0, 0.1) is 0 Å². The zero-order valence-corrected chi connectivity index (χ0v) is 17.4. The minimum atomic E-state index is -1.95. The number of carbonyl (C=O) groups excluding carboxylic acids is 2. The second-order valence-corrected chi connectivity index (χ2v) is 7.83. The number of aliphatic hydroxyl groups is 2. The Morgan fingerprint density at radius 1 is 1.22 bits per heavy atom. The fourth-order valence-electron chi connectivity index (χ4n) is 3.81. The van der Waals surface area contributed by atoms with E-state index in [0.29, 0.717) is 0 Å². The first-order valence-electron chi connectivity index (χ1n) is 10.3. The van der Waals surface area contributed by atoms with Crippen molar-refractivity contribution < 1.29 is 29.3 Å². The maximum Gasteiger partial charge on any atom is 0.320 e. The minimum Gasteiger partial charge on any atom is -0.462 e. The van der Waals surface area contributed by atoms with Crippen molar-refractivity contribution in [3.63, 3.8) is 0 Å². The molecule has 0 spiro atoms. The molecule has 12 nitrogen and oxygen atoms in total. The number of primary amides is 1. The van der Waals surface area contributed by atoms with E-state index < -0.39 is 29.8 Å². The number of para-hydroxylation sites is 1. The van der Waals surface area contributed by atoms with Crippen LogP contribution in [0.4, 0.5) is 5.69 Å². The van der Waals surface area contributed by atoms with Gasteiger partial charge < -0.3 is 30.3 Å². The highest BCUT2D eigenvalue weighted by Gasteiger charge is 2.51.